The maximum Gasteiger partial charge on any atom is 0.279 e. The first-order chi connectivity index (χ1) is 13.6. The van der Waals surface area contributed by atoms with Crippen LogP contribution in [-0.4, -0.2) is 25.7 Å². The molecule has 0 N–H and O–H groups in total. The van der Waals surface area contributed by atoms with E-state index in [1.54, 1.807) is 37.4 Å². The number of para-hydroxylation sites is 1. The molecule has 0 saturated heterocycles. The molecule has 5 nitrogen and oxygen atoms in total. The average molecular weight is 392 g/mol. The van der Waals surface area contributed by atoms with E-state index in [0.717, 1.165) is 11.1 Å². The SMILES string of the molecule is COc1ccccc1C1=NN(S(=O)(=O)c2ccccc2)[C@@H](c2ccccc2)C1. The van der Waals surface area contributed by atoms with Crippen molar-refractivity contribution >= 4 is 15.7 Å². The quantitative estimate of drug-likeness (QED) is 0.653. The minimum atomic E-state index is -3.79. The Balaban J connectivity index is 1.83. The van der Waals surface area contributed by atoms with Crippen LogP contribution in [0.25, 0.3) is 0 Å². The molecule has 0 amide bonds. The monoisotopic (exact) mass is 392 g/mol. The van der Waals surface area contributed by atoms with Gasteiger partial charge in [-0.15, -0.1) is 0 Å². The molecule has 1 atom stereocenters. The maximum absolute atomic E-state index is 13.3. The molecule has 0 aliphatic carbocycles. The Morgan fingerprint density at radius 3 is 2.18 bits per heavy atom. The predicted octanol–water partition coefficient (Wildman–Crippen LogP) is 4.24. The zero-order valence-corrected chi connectivity index (χ0v) is 16.2. The number of hydrogen-bond donors (Lipinski definition) is 0. The number of rotatable bonds is 5. The van der Waals surface area contributed by atoms with E-state index in [1.165, 1.54) is 4.41 Å². The molecule has 0 saturated carbocycles. The van der Waals surface area contributed by atoms with Crippen molar-refractivity contribution in [1.82, 2.24) is 4.41 Å². The highest BCUT2D eigenvalue weighted by Gasteiger charge is 2.38. The minimum absolute atomic E-state index is 0.223. The van der Waals surface area contributed by atoms with Crippen molar-refractivity contribution in [3.63, 3.8) is 0 Å². The van der Waals surface area contributed by atoms with Crippen molar-refractivity contribution in [3.8, 4) is 5.75 Å². The van der Waals surface area contributed by atoms with Crippen LogP contribution in [0.15, 0.2) is 94.9 Å². The molecule has 3 aromatic rings. The van der Waals surface area contributed by atoms with E-state index in [9.17, 15) is 8.42 Å². The number of benzene rings is 3. The van der Waals surface area contributed by atoms with Gasteiger partial charge in [0.1, 0.15) is 5.75 Å². The molecule has 0 radical (unpaired) electrons. The third-order valence-electron chi connectivity index (χ3n) is 4.76. The maximum atomic E-state index is 13.3. The summed E-state index contributed by atoms with van der Waals surface area (Å²) in [5, 5.41) is 4.55. The van der Waals surface area contributed by atoms with E-state index in [4.69, 9.17) is 4.74 Å². The minimum Gasteiger partial charge on any atom is -0.496 e. The van der Waals surface area contributed by atoms with Gasteiger partial charge in [-0.1, -0.05) is 60.7 Å². The number of sulfonamides is 1. The number of hydrogen-bond acceptors (Lipinski definition) is 4. The second-order valence-electron chi connectivity index (χ2n) is 6.47. The van der Waals surface area contributed by atoms with Crippen LogP contribution in [0, 0.1) is 0 Å². The topological polar surface area (TPSA) is 59.0 Å². The van der Waals surface area contributed by atoms with Gasteiger partial charge in [-0.05, 0) is 29.8 Å². The standard InChI is InChI=1S/C22H20N2O3S/c1-27-22-15-9-8-14-19(22)20-16-21(17-10-4-2-5-11-17)24(23-20)28(25,26)18-12-6-3-7-13-18/h2-15,21H,16H2,1H3/t21-/m1/s1. The molecular weight excluding hydrogens is 372 g/mol. The summed E-state index contributed by atoms with van der Waals surface area (Å²) < 4.78 is 33.4. The Labute approximate surface area is 164 Å². The summed E-state index contributed by atoms with van der Waals surface area (Å²) in [5.74, 6) is 0.673. The van der Waals surface area contributed by atoms with Crippen LogP contribution in [0.4, 0.5) is 0 Å². The molecule has 1 aliphatic rings. The van der Waals surface area contributed by atoms with E-state index < -0.39 is 16.1 Å². The summed E-state index contributed by atoms with van der Waals surface area (Å²) in [7, 11) is -2.19. The lowest BCUT2D eigenvalue weighted by molar-refractivity contribution is 0.371. The summed E-state index contributed by atoms with van der Waals surface area (Å²) in [6.45, 7) is 0. The number of hydrazone groups is 1. The second kappa shape index (κ2) is 7.48. The lowest BCUT2D eigenvalue weighted by Gasteiger charge is -2.23. The zero-order chi connectivity index (χ0) is 19.6. The van der Waals surface area contributed by atoms with Gasteiger partial charge in [0, 0.05) is 12.0 Å². The molecular formula is C22H20N2O3S. The van der Waals surface area contributed by atoms with Crippen LogP contribution in [0.2, 0.25) is 0 Å². The zero-order valence-electron chi connectivity index (χ0n) is 15.4. The number of methoxy groups -OCH3 is 1. The Hall–Kier alpha value is -3.12. The molecule has 0 bridgehead atoms. The highest BCUT2D eigenvalue weighted by molar-refractivity contribution is 7.89. The Kier molecular flexibility index (Phi) is 4.88. The summed E-state index contributed by atoms with van der Waals surface area (Å²) in [4.78, 5) is 0.223. The van der Waals surface area contributed by atoms with Gasteiger partial charge in [0.2, 0.25) is 0 Å². The van der Waals surface area contributed by atoms with E-state index in [1.807, 2.05) is 54.6 Å². The number of nitrogens with zero attached hydrogens (tertiary/aromatic N) is 2. The summed E-state index contributed by atoms with van der Waals surface area (Å²) in [5.41, 5.74) is 2.39. The van der Waals surface area contributed by atoms with Gasteiger partial charge in [0.15, 0.2) is 0 Å². The van der Waals surface area contributed by atoms with Crippen molar-refractivity contribution in [2.24, 2.45) is 5.10 Å². The van der Waals surface area contributed by atoms with E-state index in [0.29, 0.717) is 17.9 Å². The fraction of sp³-hybridized carbons (Fsp3) is 0.136. The molecule has 142 valence electrons. The van der Waals surface area contributed by atoms with Gasteiger partial charge in [0.25, 0.3) is 10.0 Å². The summed E-state index contributed by atoms with van der Waals surface area (Å²) in [6, 6.07) is 25.1. The number of ether oxygens (including phenoxy) is 1. The van der Waals surface area contributed by atoms with E-state index in [2.05, 4.69) is 5.10 Å². The second-order valence-corrected chi connectivity index (χ2v) is 8.26. The highest BCUT2D eigenvalue weighted by Crippen LogP contribution is 2.38. The summed E-state index contributed by atoms with van der Waals surface area (Å²) >= 11 is 0. The van der Waals surface area contributed by atoms with Gasteiger partial charge < -0.3 is 4.74 Å². The molecule has 0 aromatic heterocycles. The van der Waals surface area contributed by atoms with Crippen LogP contribution in [-0.2, 0) is 10.0 Å². The molecule has 0 fully saturated rings. The molecule has 6 heteroatoms. The largest absolute Gasteiger partial charge is 0.496 e. The van der Waals surface area contributed by atoms with Crippen molar-refractivity contribution in [1.29, 1.82) is 0 Å². The van der Waals surface area contributed by atoms with Crippen LogP contribution < -0.4 is 4.74 Å². The third kappa shape index (κ3) is 3.27. The van der Waals surface area contributed by atoms with Crippen LogP contribution >= 0.6 is 0 Å². The molecule has 4 rings (SSSR count). The highest BCUT2D eigenvalue weighted by atomic mass is 32.2. The van der Waals surface area contributed by atoms with Gasteiger partial charge in [-0.25, -0.2) is 0 Å². The molecule has 0 spiro atoms. The average Bonchev–Trinajstić information content (AvgIpc) is 3.21. The molecule has 0 unspecified atom stereocenters. The molecule has 1 heterocycles. The Morgan fingerprint density at radius 2 is 1.50 bits per heavy atom. The van der Waals surface area contributed by atoms with Crippen LogP contribution in [0.1, 0.15) is 23.6 Å². The van der Waals surface area contributed by atoms with Gasteiger partial charge >= 0.3 is 0 Å². The Bertz CT molecular complexity index is 1100. The van der Waals surface area contributed by atoms with Crippen molar-refractivity contribution in [3.05, 3.63) is 96.1 Å². The van der Waals surface area contributed by atoms with Gasteiger partial charge in [0.05, 0.1) is 23.8 Å². The van der Waals surface area contributed by atoms with E-state index in [-0.39, 0.29) is 4.90 Å². The first-order valence-electron chi connectivity index (χ1n) is 8.96. The lowest BCUT2D eigenvalue weighted by Crippen LogP contribution is -2.27. The van der Waals surface area contributed by atoms with Crippen molar-refractivity contribution in [2.45, 2.75) is 17.4 Å². The fourth-order valence-electron chi connectivity index (χ4n) is 3.38. The van der Waals surface area contributed by atoms with Gasteiger partial charge in [-0.3, -0.25) is 0 Å². The van der Waals surface area contributed by atoms with Crippen molar-refractivity contribution < 1.29 is 13.2 Å². The van der Waals surface area contributed by atoms with E-state index >= 15 is 0 Å². The summed E-state index contributed by atoms with van der Waals surface area (Å²) in [6.07, 6.45) is 0.469. The molecule has 3 aromatic carbocycles. The third-order valence-corrected chi connectivity index (χ3v) is 6.46. The van der Waals surface area contributed by atoms with Crippen LogP contribution in [0.3, 0.4) is 0 Å². The van der Waals surface area contributed by atoms with Gasteiger partial charge in [-0.2, -0.15) is 17.9 Å². The Morgan fingerprint density at radius 1 is 0.893 bits per heavy atom. The fourth-order valence-corrected chi connectivity index (χ4v) is 4.83. The lowest BCUT2D eigenvalue weighted by atomic mass is 9.99. The normalized spacial score (nSPS) is 16.7. The van der Waals surface area contributed by atoms with Crippen LogP contribution in [0.5, 0.6) is 5.75 Å². The first kappa shape index (κ1) is 18.3. The molecule has 1 aliphatic heterocycles. The molecule has 28 heavy (non-hydrogen) atoms. The van der Waals surface area contributed by atoms with Crippen molar-refractivity contribution in [2.75, 3.05) is 7.11 Å². The first-order valence-corrected chi connectivity index (χ1v) is 10.4. The smallest absolute Gasteiger partial charge is 0.279 e. The predicted molar refractivity (Wildman–Crippen MR) is 109 cm³/mol.